The zero-order valence-electron chi connectivity index (χ0n) is 11.7. The Morgan fingerprint density at radius 2 is 2.14 bits per heavy atom. The van der Waals surface area contributed by atoms with E-state index in [1.165, 1.54) is 11.1 Å². The van der Waals surface area contributed by atoms with Gasteiger partial charge in [-0.15, -0.1) is 0 Å². The molecule has 1 aliphatic heterocycles. The summed E-state index contributed by atoms with van der Waals surface area (Å²) in [6.07, 6.45) is 1.89. The second-order valence-electron chi connectivity index (χ2n) is 5.11. The molecule has 1 aliphatic carbocycles. The standard InChI is InChI=1S/C16H17O3S2/c1-19-12-4-2-10(3-5-12)8-20-13-6-11-9-21-15(16(17)18)14(11)7-13/h2-5,9,13,21H,6-8H2,1H3,(H,17,18). The summed E-state index contributed by atoms with van der Waals surface area (Å²) in [7, 11) is 1.67. The highest BCUT2D eigenvalue weighted by Crippen LogP contribution is 2.48. The molecule has 3 nitrogen and oxygen atoms in total. The molecule has 0 aromatic heterocycles. The van der Waals surface area contributed by atoms with Crippen LogP contribution in [0.3, 0.4) is 0 Å². The second-order valence-corrected chi connectivity index (χ2v) is 7.36. The molecule has 0 spiro atoms. The minimum atomic E-state index is -0.765. The van der Waals surface area contributed by atoms with Crippen molar-refractivity contribution in [2.75, 3.05) is 7.11 Å². The van der Waals surface area contributed by atoms with Crippen molar-refractivity contribution in [2.45, 2.75) is 23.8 Å². The molecule has 1 unspecified atom stereocenters. The third-order valence-electron chi connectivity index (χ3n) is 3.75. The molecule has 1 aromatic carbocycles. The number of thiol groups is 1. The van der Waals surface area contributed by atoms with Crippen LogP contribution in [0.1, 0.15) is 18.4 Å². The van der Waals surface area contributed by atoms with Crippen LogP contribution in [0.2, 0.25) is 0 Å². The maximum atomic E-state index is 11.2. The van der Waals surface area contributed by atoms with E-state index in [0.717, 1.165) is 41.7 Å². The summed E-state index contributed by atoms with van der Waals surface area (Å²) in [5.74, 6) is 1.06. The van der Waals surface area contributed by atoms with Gasteiger partial charge >= 0.3 is 5.97 Å². The van der Waals surface area contributed by atoms with E-state index >= 15 is 0 Å². The maximum absolute atomic E-state index is 11.2. The lowest BCUT2D eigenvalue weighted by Crippen LogP contribution is -1.99. The van der Waals surface area contributed by atoms with E-state index in [1.54, 1.807) is 7.11 Å². The fourth-order valence-corrected chi connectivity index (χ4v) is 4.89. The number of thioether (sulfide) groups is 1. The van der Waals surface area contributed by atoms with Gasteiger partial charge in [0.1, 0.15) is 5.75 Å². The molecule has 5 heteroatoms. The zero-order valence-corrected chi connectivity index (χ0v) is 13.4. The van der Waals surface area contributed by atoms with Gasteiger partial charge in [-0.3, -0.25) is 0 Å². The molecule has 2 aliphatic rings. The molecule has 1 atom stereocenters. The Balaban J connectivity index is 1.59. The third-order valence-corrected chi connectivity index (χ3v) is 6.21. The molecule has 0 bridgehead atoms. The number of fused-ring (bicyclic) bond motifs is 1. The Kier molecular flexibility index (Phi) is 4.31. The van der Waals surface area contributed by atoms with E-state index in [1.807, 2.05) is 23.9 Å². The number of hydrogen-bond donors (Lipinski definition) is 2. The van der Waals surface area contributed by atoms with Crippen LogP contribution < -0.4 is 4.74 Å². The lowest BCUT2D eigenvalue weighted by molar-refractivity contribution is -0.131. The summed E-state index contributed by atoms with van der Waals surface area (Å²) in [6, 6.07) is 8.13. The number of carboxylic acids is 1. The molecule has 1 N–H and O–H groups in total. The second kappa shape index (κ2) is 6.20. The van der Waals surface area contributed by atoms with Crippen molar-refractivity contribution in [1.82, 2.24) is 0 Å². The van der Waals surface area contributed by atoms with Gasteiger partial charge in [0, 0.05) is 11.0 Å². The average molecular weight is 321 g/mol. The van der Waals surface area contributed by atoms with E-state index in [0.29, 0.717) is 10.2 Å². The molecular formula is C16H17O3S2. The molecule has 111 valence electrons. The van der Waals surface area contributed by atoms with Gasteiger partial charge in [0.2, 0.25) is 0 Å². The predicted octanol–water partition coefficient (Wildman–Crippen LogP) is 3.79. The topological polar surface area (TPSA) is 46.5 Å². The van der Waals surface area contributed by atoms with Crippen LogP contribution in [0.25, 0.3) is 0 Å². The lowest BCUT2D eigenvalue weighted by atomic mass is 10.1. The minimum absolute atomic E-state index is 0.498. The molecule has 1 heterocycles. The summed E-state index contributed by atoms with van der Waals surface area (Å²) >= 11 is 2.77. The van der Waals surface area contributed by atoms with E-state index in [9.17, 15) is 9.90 Å². The number of rotatable bonds is 5. The third kappa shape index (κ3) is 3.14. The maximum Gasteiger partial charge on any atom is 0.341 e. The Morgan fingerprint density at radius 1 is 1.38 bits per heavy atom. The van der Waals surface area contributed by atoms with Gasteiger partial charge < -0.3 is 9.84 Å². The van der Waals surface area contributed by atoms with Crippen molar-refractivity contribution in [3.05, 3.63) is 51.3 Å². The monoisotopic (exact) mass is 321 g/mol. The first-order valence-electron chi connectivity index (χ1n) is 6.78. The summed E-state index contributed by atoms with van der Waals surface area (Å²) in [5.41, 5.74) is 3.61. The molecule has 0 saturated heterocycles. The number of carboxylic acid groups (broad SMARTS) is 1. The average Bonchev–Trinajstić information content (AvgIpc) is 3.05. The molecule has 1 radical (unpaired) electrons. The first-order chi connectivity index (χ1) is 10.2. The van der Waals surface area contributed by atoms with E-state index in [4.69, 9.17) is 4.74 Å². The minimum Gasteiger partial charge on any atom is -0.497 e. The van der Waals surface area contributed by atoms with Crippen molar-refractivity contribution in [2.24, 2.45) is 0 Å². The van der Waals surface area contributed by atoms with Crippen molar-refractivity contribution in [3.63, 3.8) is 0 Å². The van der Waals surface area contributed by atoms with Crippen LogP contribution in [0.5, 0.6) is 5.75 Å². The smallest absolute Gasteiger partial charge is 0.341 e. The Labute approximate surface area is 132 Å². The summed E-state index contributed by atoms with van der Waals surface area (Å²) in [6.45, 7) is 0. The van der Waals surface area contributed by atoms with Crippen LogP contribution >= 0.6 is 23.5 Å². The van der Waals surface area contributed by atoms with Crippen molar-refractivity contribution in [1.29, 1.82) is 0 Å². The van der Waals surface area contributed by atoms with E-state index < -0.39 is 5.97 Å². The Hall–Kier alpha value is -1.33. The van der Waals surface area contributed by atoms with Crippen molar-refractivity contribution >= 4 is 29.5 Å². The number of aliphatic carboxylic acids is 1. The quantitative estimate of drug-likeness (QED) is 0.810. The first kappa shape index (κ1) is 14.6. The van der Waals surface area contributed by atoms with Crippen LogP contribution in [0.15, 0.2) is 45.7 Å². The normalized spacial score (nSPS) is 20.4. The van der Waals surface area contributed by atoms with Crippen LogP contribution in [0.4, 0.5) is 0 Å². The van der Waals surface area contributed by atoms with Crippen LogP contribution in [-0.4, -0.2) is 23.4 Å². The van der Waals surface area contributed by atoms with Gasteiger partial charge in [0.05, 0.1) is 12.0 Å². The molecule has 1 aromatic rings. The Morgan fingerprint density at radius 3 is 2.81 bits per heavy atom. The largest absolute Gasteiger partial charge is 0.497 e. The summed E-state index contributed by atoms with van der Waals surface area (Å²) in [4.78, 5) is 11.8. The zero-order chi connectivity index (χ0) is 14.8. The molecule has 1 fully saturated rings. The van der Waals surface area contributed by atoms with Crippen molar-refractivity contribution in [3.8, 4) is 5.75 Å². The van der Waals surface area contributed by atoms with Gasteiger partial charge in [-0.1, -0.05) is 12.1 Å². The fraction of sp³-hybridized carbons (Fsp3) is 0.312. The van der Waals surface area contributed by atoms with E-state index in [2.05, 4.69) is 17.5 Å². The molecule has 1 saturated carbocycles. The highest BCUT2D eigenvalue weighted by atomic mass is 32.2. The highest BCUT2D eigenvalue weighted by molar-refractivity contribution is 8.07. The first-order valence-corrected chi connectivity index (χ1v) is 8.80. The SMILES string of the molecule is COc1ccc(CSC2CC3=C[SH]C(C(=O)O)=C3C2)cc1. The van der Waals surface area contributed by atoms with Gasteiger partial charge in [-0.25, -0.2) is 4.79 Å². The predicted molar refractivity (Wildman–Crippen MR) is 89.0 cm³/mol. The number of benzene rings is 1. The molecule has 3 rings (SSSR count). The number of allylic oxidation sites excluding steroid dienone is 2. The Bertz CT molecular complexity index is 617. The van der Waals surface area contributed by atoms with Crippen LogP contribution in [-0.2, 0) is 10.5 Å². The van der Waals surface area contributed by atoms with Gasteiger partial charge in [-0.2, -0.15) is 23.5 Å². The number of ether oxygens (including phenoxy) is 1. The van der Waals surface area contributed by atoms with E-state index in [-0.39, 0.29) is 0 Å². The molecule has 0 amide bonds. The van der Waals surface area contributed by atoms with Crippen molar-refractivity contribution < 1.29 is 14.6 Å². The molecular weight excluding hydrogens is 304 g/mol. The number of methoxy groups -OCH3 is 1. The molecule has 21 heavy (non-hydrogen) atoms. The van der Waals surface area contributed by atoms with Crippen LogP contribution in [0, 0.1) is 0 Å². The van der Waals surface area contributed by atoms with Gasteiger partial charge in [0.25, 0.3) is 0 Å². The van der Waals surface area contributed by atoms with Gasteiger partial charge in [-0.05, 0) is 47.1 Å². The number of carbonyl (C=O) groups is 1. The summed E-state index contributed by atoms with van der Waals surface area (Å²) in [5, 5.41) is 11.7. The fourth-order valence-electron chi connectivity index (χ4n) is 2.64. The van der Waals surface area contributed by atoms with Gasteiger partial charge in [0.15, 0.2) is 0 Å². The lowest BCUT2D eigenvalue weighted by Gasteiger charge is -2.09. The number of hydrogen-bond acceptors (Lipinski definition) is 3. The summed E-state index contributed by atoms with van der Waals surface area (Å²) < 4.78 is 5.15. The highest BCUT2D eigenvalue weighted by Gasteiger charge is 2.32.